The lowest BCUT2D eigenvalue weighted by Gasteiger charge is -2.35. The molecule has 0 aliphatic carbocycles. The predicted octanol–water partition coefficient (Wildman–Crippen LogP) is 3.72. The number of hydrogen-bond donors (Lipinski definition) is 3. The van der Waals surface area contributed by atoms with E-state index in [1.807, 2.05) is 24.8 Å². The molecule has 3 aromatic rings. The summed E-state index contributed by atoms with van der Waals surface area (Å²) in [4.78, 5) is 31.3. The molecule has 1 saturated heterocycles. The number of pyridine rings is 1. The molecule has 4 N–H and O–H groups in total. The molecule has 4 rings (SSSR count). The summed E-state index contributed by atoms with van der Waals surface area (Å²) in [6, 6.07) is 8.24. The number of nitrogens with two attached hydrogens (primary N) is 1. The first-order chi connectivity index (χ1) is 16.3. The Morgan fingerprint density at radius 2 is 1.94 bits per heavy atom. The van der Waals surface area contributed by atoms with Crippen molar-refractivity contribution in [3.63, 3.8) is 0 Å². The van der Waals surface area contributed by atoms with E-state index in [-0.39, 0.29) is 11.3 Å². The molecule has 0 saturated carbocycles. The highest BCUT2D eigenvalue weighted by molar-refractivity contribution is 6.08. The normalized spacial score (nSPS) is 13.7. The van der Waals surface area contributed by atoms with Crippen LogP contribution in [0.1, 0.15) is 22.8 Å². The van der Waals surface area contributed by atoms with E-state index in [0.29, 0.717) is 55.1 Å². The fourth-order valence-corrected chi connectivity index (χ4v) is 4.06. The molecular formula is C24H26FN5O4. The largest absolute Gasteiger partial charge is 0.492 e. The van der Waals surface area contributed by atoms with Crippen LogP contribution in [0, 0.1) is 12.7 Å². The third kappa shape index (κ3) is 4.52. The van der Waals surface area contributed by atoms with Gasteiger partial charge in [-0.15, -0.1) is 0 Å². The predicted molar refractivity (Wildman–Crippen MR) is 128 cm³/mol. The highest BCUT2D eigenvalue weighted by Gasteiger charge is 2.24. The van der Waals surface area contributed by atoms with Gasteiger partial charge in [-0.05, 0) is 37.6 Å². The van der Waals surface area contributed by atoms with Crippen LogP contribution in [0.3, 0.4) is 0 Å². The van der Waals surface area contributed by atoms with Crippen LogP contribution in [-0.2, 0) is 0 Å². The molecule has 10 heteroatoms. The van der Waals surface area contributed by atoms with Crippen LogP contribution < -0.4 is 20.7 Å². The van der Waals surface area contributed by atoms with Crippen molar-refractivity contribution in [1.29, 1.82) is 0 Å². The molecule has 0 spiro atoms. The average Bonchev–Trinajstić information content (AvgIpc) is 2.81. The van der Waals surface area contributed by atoms with Crippen LogP contribution in [0.15, 0.2) is 36.5 Å². The standard InChI is InChI=1S/C24H26FN5O4/c1-3-34-21-12-18-15(11-20(21)29-6-8-30(9-7-29)24(32)33)22(16(13-27-18)23(26)31)28-19-10-14(2)4-5-17(19)25/h4-5,10-13H,3,6-9H2,1-2H3,(H2,26,31)(H,27,28)(H,32,33). The lowest BCUT2D eigenvalue weighted by atomic mass is 10.1. The Labute approximate surface area is 195 Å². The van der Waals surface area contributed by atoms with E-state index in [1.54, 1.807) is 18.2 Å². The Morgan fingerprint density at radius 3 is 2.59 bits per heavy atom. The number of amides is 2. The molecule has 0 unspecified atom stereocenters. The topological polar surface area (TPSA) is 121 Å². The molecule has 0 atom stereocenters. The summed E-state index contributed by atoms with van der Waals surface area (Å²) in [6.07, 6.45) is 0.409. The smallest absolute Gasteiger partial charge is 0.407 e. The number of carbonyl (C=O) groups is 2. The zero-order valence-electron chi connectivity index (χ0n) is 19.0. The Balaban J connectivity index is 1.85. The zero-order valence-corrected chi connectivity index (χ0v) is 19.0. The highest BCUT2D eigenvalue weighted by atomic mass is 19.1. The SMILES string of the molecule is CCOc1cc2ncc(C(N)=O)c(Nc3cc(C)ccc3F)c2cc1N1CCN(C(=O)O)CC1. The van der Waals surface area contributed by atoms with Crippen molar-refractivity contribution < 1.29 is 23.8 Å². The van der Waals surface area contributed by atoms with Crippen LogP contribution in [0.25, 0.3) is 10.9 Å². The van der Waals surface area contributed by atoms with Gasteiger partial charge < -0.3 is 30.7 Å². The lowest BCUT2D eigenvalue weighted by molar-refractivity contribution is 0.100. The van der Waals surface area contributed by atoms with Crippen molar-refractivity contribution >= 4 is 40.0 Å². The van der Waals surface area contributed by atoms with Gasteiger partial charge in [-0.2, -0.15) is 0 Å². The molecule has 1 aromatic heterocycles. The number of nitrogens with one attached hydrogen (secondary N) is 1. The van der Waals surface area contributed by atoms with E-state index < -0.39 is 17.8 Å². The van der Waals surface area contributed by atoms with Crippen LogP contribution >= 0.6 is 0 Å². The quantitative estimate of drug-likeness (QED) is 0.505. The number of ether oxygens (including phenoxy) is 1. The second kappa shape index (κ2) is 9.42. The van der Waals surface area contributed by atoms with Gasteiger partial charge in [0.2, 0.25) is 0 Å². The number of carboxylic acid groups (broad SMARTS) is 1. The number of anilines is 3. The number of carbonyl (C=O) groups excluding carboxylic acids is 1. The molecule has 34 heavy (non-hydrogen) atoms. The zero-order chi connectivity index (χ0) is 24.4. The summed E-state index contributed by atoms with van der Waals surface area (Å²) < 4.78 is 20.4. The molecule has 9 nitrogen and oxygen atoms in total. The molecule has 0 bridgehead atoms. The minimum absolute atomic E-state index is 0.124. The van der Waals surface area contributed by atoms with Gasteiger partial charge >= 0.3 is 6.09 Å². The molecule has 1 fully saturated rings. The fraction of sp³-hybridized carbons (Fsp3) is 0.292. The number of primary amides is 1. The van der Waals surface area contributed by atoms with Crippen molar-refractivity contribution in [1.82, 2.24) is 9.88 Å². The number of fused-ring (bicyclic) bond motifs is 1. The number of nitrogens with zero attached hydrogens (tertiary/aromatic N) is 3. The van der Waals surface area contributed by atoms with Gasteiger partial charge in [0, 0.05) is 43.8 Å². The third-order valence-corrected chi connectivity index (χ3v) is 5.79. The first-order valence-corrected chi connectivity index (χ1v) is 10.9. The van der Waals surface area contributed by atoms with Crippen molar-refractivity contribution in [2.24, 2.45) is 5.73 Å². The number of halogens is 1. The number of aryl methyl sites for hydroxylation is 1. The van der Waals surface area contributed by atoms with E-state index in [1.165, 1.54) is 17.2 Å². The van der Waals surface area contributed by atoms with E-state index in [2.05, 4.69) is 10.3 Å². The first kappa shape index (κ1) is 23.1. The number of piperazine rings is 1. The Hall–Kier alpha value is -4.08. The highest BCUT2D eigenvalue weighted by Crippen LogP contribution is 2.38. The van der Waals surface area contributed by atoms with E-state index >= 15 is 0 Å². The maximum atomic E-state index is 14.5. The Kier molecular flexibility index (Phi) is 6.40. The van der Waals surface area contributed by atoms with E-state index in [0.717, 1.165) is 11.3 Å². The Morgan fingerprint density at radius 1 is 1.21 bits per heavy atom. The van der Waals surface area contributed by atoms with Gasteiger partial charge in [0.1, 0.15) is 11.6 Å². The molecule has 2 aromatic carbocycles. The van der Waals surface area contributed by atoms with E-state index in [4.69, 9.17) is 10.5 Å². The van der Waals surface area contributed by atoms with Crippen LogP contribution in [0.4, 0.5) is 26.2 Å². The van der Waals surface area contributed by atoms with Crippen molar-refractivity contribution in [2.75, 3.05) is 43.0 Å². The molecule has 2 heterocycles. The second-order valence-corrected chi connectivity index (χ2v) is 8.05. The second-order valence-electron chi connectivity index (χ2n) is 8.05. The Bertz CT molecular complexity index is 1260. The summed E-state index contributed by atoms with van der Waals surface area (Å²) >= 11 is 0. The molecule has 178 valence electrons. The molecule has 1 aliphatic rings. The van der Waals surface area contributed by atoms with Gasteiger partial charge in [0.15, 0.2) is 0 Å². The van der Waals surface area contributed by atoms with Crippen LogP contribution in [0.5, 0.6) is 5.75 Å². The third-order valence-electron chi connectivity index (χ3n) is 5.79. The average molecular weight is 468 g/mol. The number of benzene rings is 2. The van der Waals surface area contributed by atoms with Gasteiger partial charge in [-0.25, -0.2) is 9.18 Å². The summed E-state index contributed by atoms with van der Waals surface area (Å²) in [6.45, 7) is 5.76. The number of aromatic nitrogens is 1. The monoisotopic (exact) mass is 467 g/mol. The lowest BCUT2D eigenvalue weighted by Crippen LogP contribution is -2.48. The van der Waals surface area contributed by atoms with Gasteiger partial charge in [-0.3, -0.25) is 9.78 Å². The summed E-state index contributed by atoms with van der Waals surface area (Å²) in [5.41, 5.74) is 8.41. The number of hydrogen-bond acceptors (Lipinski definition) is 6. The maximum absolute atomic E-state index is 14.5. The van der Waals surface area contributed by atoms with Crippen LogP contribution in [0.2, 0.25) is 0 Å². The first-order valence-electron chi connectivity index (χ1n) is 10.9. The molecular weight excluding hydrogens is 441 g/mol. The van der Waals surface area contributed by atoms with Crippen molar-refractivity contribution in [3.8, 4) is 5.75 Å². The molecule has 0 radical (unpaired) electrons. The van der Waals surface area contributed by atoms with Crippen LogP contribution in [-0.4, -0.2) is 59.8 Å². The summed E-state index contributed by atoms with van der Waals surface area (Å²) in [5.74, 6) is -0.580. The minimum atomic E-state index is -0.954. The van der Waals surface area contributed by atoms with Gasteiger partial charge in [0.05, 0.1) is 34.7 Å². The van der Waals surface area contributed by atoms with Gasteiger partial charge in [-0.1, -0.05) is 6.07 Å². The number of rotatable bonds is 6. The maximum Gasteiger partial charge on any atom is 0.407 e. The minimum Gasteiger partial charge on any atom is -0.492 e. The fourth-order valence-electron chi connectivity index (χ4n) is 4.06. The van der Waals surface area contributed by atoms with Crippen molar-refractivity contribution in [2.45, 2.75) is 13.8 Å². The van der Waals surface area contributed by atoms with E-state index in [9.17, 15) is 19.1 Å². The summed E-state index contributed by atoms with van der Waals surface area (Å²) in [5, 5.41) is 12.9. The van der Waals surface area contributed by atoms with Gasteiger partial charge in [0.25, 0.3) is 5.91 Å². The van der Waals surface area contributed by atoms with Crippen molar-refractivity contribution in [3.05, 3.63) is 53.5 Å². The molecule has 2 amide bonds. The molecule has 1 aliphatic heterocycles. The summed E-state index contributed by atoms with van der Waals surface area (Å²) in [7, 11) is 0.